The number of hydrogen-bond donors (Lipinski definition) is 0. The molecule has 3 nitrogen and oxygen atoms in total. The van der Waals surface area contributed by atoms with E-state index in [2.05, 4.69) is 18.0 Å². The van der Waals surface area contributed by atoms with Crippen LogP contribution in [0.4, 0.5) is 0 Å². The van der Waals surface area contributed by atoms with Crippen LogP contribution in [0.25, 0.3) is 20.8 Å². The monoisotopic (exact) mass is 283 g/mol. The highest BCUT2D eigenvalue weighted by Crippen LogP contribution is 2.32. The van der Waals surface area contributed by atoms with E-state index in [-0.39, 0.29) is 5.97 Å². The van der Waals surface area contributed by atoms with Gasteiger partial charge in [0.05, 0.1) is 22.9 Å². The quantitative estimate of drug-likeness (QED) is 0.666. The number of rotatable bonds is 2. The molecule has 0 bridgehead atoms. The van der Waals surface area contributed by atoms with Gasteiger partial charge < -0.3 is 4.74 Å². The van der Waals surface area contributed by atoms with Crippen molar-refractivity contribution < 1.29 is 9.53 Å². The first-order valence-corrected chi connectivity index (χ1v) is 7.05. The lowest BCUT2D eigenvalue weighted by Crippen LogP contribution is -2.02. The molecule has 0 fully saturated rings. The summed E-state index contributed by atoms with van der Waals surface area (Å²) in [6.07, 6.45) is 0. The molecule has 0 aliphatic carbocycles. The molecule has 2 aromatic carbocycles. The van der Waals surface area contributed by atoms with Gasteiger partial charge in [0.25, 0.3) is 0 Å². The first-order chi connectivity index (χ1) is 9.69. The maximum Gasteiger partial charge on any atom is 0.338 e. The predicted molar refractivity (Wildman–Crippen MR) is 81.1 cm³/mol. The van der Waals surface area contributed by atoms with Gasteiger partial charge in [0.2, 0.25) is 0 Å². The van der Waals surface area contributed by atoms with Crippen molar-refractivity contribution in [1.29, 1.82) is 0 Å². The lowest BCUT2D eigenvalue weighted by atomic mass is 10.1. The molecular formula is C16H13NO2S. The third-order valence-electron chi connectivity index (χ3n) is 3.11. The predicted octanol–water partition coefficient (Wildman–Crippen LogP) is 4.06. The van der Waals surface area contributed by atoms with Crippen molar-refractivity contribution in [1.82, 2.24) is 4.98 Å². The van der Waals surface area contributed by atoms with E-state index in [0.717, 1.165) is 20.8 Å². The molecule has 0 radical (unpaired) electrons. The van der Waals surface area contributed by atoms with Gasteiger partial charge in [0.15, 0.2) is 0 Å². The zero-order chi connectivity index (χ0) is 14.1. The van der Waals surface area contributed by atoms with E-state index in [4.69, 9.17) is 4.74 Å². The Balaban J connectivity index is 2.18. The number of fused-ring (bicyclic) bond motifs is 1. The number of aromatic nitrogens is 1. The number of aryl methyl sites for hydroxylation is 1. The number of methoxy groups -OCH3 is 1. The average molecular weight is 283 g/mol. The topological polar surface area (TPSA) is 39.2 Å². The fourth-order valence-corrected chi connectivity index (χ4v) is 3.21. The van der Waals surface area contributed by atoms with Crippen LogP contribution in [0.15, 0.2) is 42.5 Å². The van der Waals surface area contributed by atoms with Crippen LogP contribution >= 0.6 is 11.3 Å². The summed E-state index contributed by atoms with van der Waals surface area (Å²) in [5, 5.41) is 0.839. The number of carbonyl (C=O) groups excluding carboxylic acids is 1. The van der Waals surface area contributed by atoms with Crippen molar-refractivity contribution in [3.63, 3.8) is 0 Å². The Morgan fingerprint density at radius 2 is 2.00 bits per heavy atom. The van der Waals surface area contributed by atoms with Crippen LogP contribution in [0.1, 0.15) is 15.9 Å². The Kier molecular flexibility index (Phi) is 3.24. The largest absolute Gasteiger partial charge is 0.465 e. The van der Waals surface area contributed by atoms with Crippen LogP contribution in [0.2, 0.25) is 0 Å². The number of carbonyl (C=O) groups is 1. The van der Waals surface area contributed by atoms with E-state index in [1.54, 1.807) is 17.4 Å². The van der Waals surface area contributed by atoms with Gasteiger partial charge in [0.1, 0.15) is 5.01 Å². The Labute approximate surface area is 120 Å². The fourth-order valence-electron chi connectivity index (χ4n) is 2.10. The summed E-state index contributed by atoms with van der Waals surface area (Å²) in [4.78, 5) is 16.4. The summed E-state index contributed by atoms with van der Waals surface area (Å²) in [7, 11) is 1.39. The molecule has 0 amide bonds. The smallest absolute Gasteiger partial charge is 0.338 e. The van der Waals surface area contributed by atoms with Crippen molar-refractivity contribution in [2.24, 2.45) is 0 Å². The van der Waals surface area contributed by atoms with Crippen LogP contribution in [0, 0.1) is 6.92 Å². The second-order valence-electron chi connectivity index (χ2n) is 4.53. The van der Waals surface area contributed by atoms with E-state index in [1.165, 1.54) is 12.7 Å². The fraction of sp³-hybridized carbons (Fsp3) is 0.125. The van der Waals surface area contributed by atoms with Crippen LogP contribution in [-0.2, 0) is 4.74 Å². The molecule has 1 aromatic heterocycles. The number of nitrogens with zero attached hydrogens (tertiary/aromatic N) is 1. The lowest BCUT2D eigenvalue weighted by Gasteiger charge is -2.04. The first-order valence-electron chi connectivity index (χ1n) is 6.24. The van der Waals surface area contributed by atoms with Crippen molar-refractivity contribution in [2.45, 2.75) is 6.92 Å². The molecule has 0 aliphatic rings. The summed E-state index contributed by atoms with van der Waals surface area (Å²) in [5.74, 6) is -0.337. The van der Waals surface area contributed by atoms with Gasteiger partial charge in [-0.1, -0.05) is 24.3 Å². The summed E-state index contributed by atoms with van der Waals surface area (Å²) in [6.45, 7) is 2.06. The van der Waals surface area contributed by atoms with Crippen LogP contribution in [0.3, 0.4) is 0 Å². The second kappa shape index (κ2) is 5.06. The van der Waals surface area contributed by atoms with E-state index >= 15 is 0 Å². The molecule has 1 heterocycles. The maximum atomic E-state index is 11.8. The van der Waals surface area contributed by atoms with Crippen molar-refractivity contribution in [3.05, 3.63) is 53.6 Å². The molecule has 0 atom stereocenters. The standard InChI is InChI=1S/C16H13NO2S/c1-10-7-8-13-14(9-10)20-15(17-13)11-5-3-4-6-12(11)16(18)19-2/h3-9H,1-2H3. The summed E-state index contributed by atoms with van der Waals surface area (Å²) in [6, 6.07) is 13.5. The molecule has 100 valence electrons. The third-order valence-corrected chi connectivity index (χ3v) is 4.16. The van der Waals surface area contributed by atoms with Crippen molar-refractivity contribution in [3.8, 4) is 10.6 Å². The van der Waals surface area contributed by atoms with E-state index in [9.17, 15) is 4.79 Å². The van der Waals surface area contributed by atoms with Gasteiger partial charge in [-0.15, -0.1) is 11.3 Å². The van der Waals surface area contributed by atoms with Gasteiger partial charge in [-0.25, -0.2) is 9.78 Å². The van der Waals surface area contributed by atoms with Crippen LogP contribution in [0.5, 0.6) is 0 Å². The number of ether oxygens (including phenoxy) is 1. The molecule has 0 spiro atoms. The molecule has 0 N–H and O–H groups in total. The molecule has 0 saturated heterocycles. The highest BCUT2D eigenvalue weighted by molar-refractivity contribution is 7.21. The lowest BCUT2D eigenvalue weighted by molar-refractivity contribution is 0.0601. The van der Waals surface area contributed by atoms with Gasteiger partial charge in [-0.05, 0) is 30.7 Å². The Morgan fingerprint density at radius 1 is 1.20 bits per heavy atom. The minimum atomic E-state index is -0.337. The van der Waals surface area contributed by atoms with Gasteiger partial charge in [-0.2, -0.15) is 0 Å². The minimum absolute atomic E-state index is 0.337. The van der Waals surface area contributed by atoms with E-state index < -0.39 is 0 Å². The number of hydrogen-bond acceptors (Lipinski definition) is 4. The van der Waals surface area contributed by atoms with Gasteiger partial charge in [-0.3, -0.25) is 0 Å². The van der Waals surface area contributed by atoms with Gasteiger partial charge >= 0.3 is 5.97 Å². The summed E-state index contributed by atoms with van der Waals surface area (Å²) >= 11 is 1.59. The zero-order valence-corrected chi connectivity index (χ0v) is 12.0. The van der Waals surface area contributed by atoms with E-state index in [0.29, 0.717) is 5.56 Å². The normalized spacial score (nSPS) is 10.7. The molecule has 3 aromatic rings. The minimum Gasteiger partial charge on any atom is -0.465 e. The number of benzene rings is 2. The highest BCUT2D eigenvalue weighted by Gasteiger charge is 2.15. The van der Waals surface area contributed by atoms with Crippen molar-refractivity contribution in [2.75, 3.05) is 7.11 Å². The Morgan fingerprint density at radius 3 is 2.80 bits per heavy atom. The molecule has 3 rings (SSSR count). The summed E-state index contributed by atoms with van der Waals surface area (Å²) in [5.41, 5.74) is 3.52. The first kappa shape index (κ1) is 12.8. The SMILES string of the molecule is COC(=O)c1ccccc1-c1nc2ccc(C)cc2s1. The van der Waals surface area contributed by atoms with E-state index in [1.807, 2.05) is 30.3 Å². The second-order valence-corrected chi connectivity index (χ2v) is 5.56. The maximum absolute atomic E-state index is 11.8. The average Bonchev–Trinajstić information content (AvgIpc) is 2.89. The van der Waals surface area contributed by atoms with Crippen LogP contribution in [-0.4, -0.2) is 18.1 Å². The Bertz CT molecular complexity index is 792. The molecule has 0 unspecified atom stereocenters. The molecular weight excluding hydrogens is 270 g/mol. The molecule has 20 heavy (non-hydrogen) atoms. The van der Waals surface area contributed by atoms with Crippen LogP contribution < -0.4 is 0 Å². The number of thiazole rings is 1. The highest BCUT2D eigenvalue weighted by atomic mass is 32.1. The molecule has 0 aliphatic heterocycles. The zero-order valence-electron chi connectivity index (χ0n) is 11.2. The van der Waals surface area contributed by atoms with Crippen molar-refractivity contribution >= 4 is 27.5 Å². The Hall–Kier alpha value is -2.20. The third kappa shape index (κ3) is 2.18. The van der Waals surface area contributed by atoms with Gasteiger partial charge in [0, 0.05) is 5.56 Å². The molecule has 4 heteroatoms. The summed E-state index contributed by atoms with van der Waals surface area (Å²) < 4.78 is 5.95. The number of esters is 1. The molecule has 0 saturated carbocycles.